The quantitative estimate of drug-likeness (QED) is 0.509. The van der Waals surface area contributed by atoms with Crippen molar-refractivity contribution in [1.82, 2.24) is 0 Å². The summed E-state index contributed by atoms with van der Waals surface area (Å²) >= 11 is 0. The van der Waals surface area contributed by atoms with Gasteiger partial charge in [-0.25, -0.2) is 0 Å². The number of fused-ring (bicyclic) bond motifs is 1. The van der Waals surface area contributed by atoms with Crippen molar-refractivity contribution in [3.63, 3.8) is 0 Å². The molecule has 1 heterocycles. The van der Waals surface area contributed by atoms with Crippen LogP contribution in [0.15, 0.2) is 0 Å². The zero-order chi connectivity index (χ0) is 6.97. The Bertz CT molecular complexity index is 122. The molecule has 0 aromatic heterocycles. The van der Waals surface area contributed by atoms with Crippen molar-refractivity contribution in [3.05, 3.63) is 0 Å². The monoisotopic (exact) mass is 140 g/mol. The predicted molar refractivity (Wildman–Crippen MR) is 40.9 cm³/mol. The van der Waals surface area contributed by atoms with Gasteiger partial charge in [0.1, 0.15) is 0 Å². The van der Waals surface area contributed by atoms with E-state index in [4.69, 9.17) is 4.74 Å². The first kappa shape index (κ1) is 6.66. The molecular weight excluding hydrogens is 124 g/mol. The van der Waals surface area contributed by atoms with Crippen molar-refractivity contribution in [1.29, 1.82) is 0 Å². The van der Waals surface area contributed by atoms with Gasteiger partial charge in [0.15, 0.2) is 0 Å². The van der Waals surface area contributed by atoms with E-state index in [2.05, 4.69) is 6.92 Å². The van der Waals surface area contributed by atoms with Gasteiger partial charge in [-0.2, -0.15) is 0 Å². The minimum Gasteiger partial charge on any atom is -0.370 e. The van der Waals surface area contributed by atoms with Crippen LogP contribution in [0.25, 0.3) is 0 Å². The van der Waals surface area contributed by atoms with Gasteiger partial charge in [0, 0.05) is 0 Å². The maximum Gasteiger partial charge on any atom is 0.0844 e. The van der Waals surface area contributed by atoms with Gasteiger partial charge in [-0.15, -0.1) is 0 Å². The Kier molecular flexibility index (Phi) is 1.69. The number of hydrogen-bond donors (Lipinski definition) is 0. The van der Waals surface area contributed by atoms with Crippen LogP contribution in [0, 0.1) is 5.92 Å². The molecule has 2 fully saturated rings. The summed E-state index contributed by atoms with van der Waals surface area (Å²) in [5.74, 6) is 0.970. The molecule has 1 aliphatic carbocycles. The van der Waals surface area contributed by atoms with E-state index in [1.807, 2.05) is 0 Å². The fourth-order valence-corrected chi connectivity index (χ4v) is 2.07. The first-order valence-electron chi connectivity index (χ1n) is 4.55. The molecule has 0 bridgehead atoms. The Morgan fingerprint density at radius 3 is 3.00 bits per heavy atom. The Morgan fingerprint density at radius 1 is 1.30 bits per heavy atom. The number of ether oxygens (including phenoxy) is 1. The highest BCUT2D eigenvalue weighted by Crippen LogP contribution is 2.38. The summed E-state index contributed by atoms with van der Waals surface area (Å²) in [4.78, 5) is 0. The van der Waals surface area contributed by atoms with Crippen LogP contribution in [0.1, 0.15) is 39.0 Å². The summed E-state index contributed by atoms with van der Waals surface area (Å²) in [6, 6.07) is 0. The third-order valence-corrected chi connectivity index (χ3v) is 2.93. The lowest BCUT2D eigenvalue weighted by Gasteiger charge is -2.09. The summed E-state index contributed by atoms with van der Waals surface area (Å²) < 4.78 is 5.49. The van der Waals surface area contributed by atoms with Crippen LogP contribution in [0.3, 0.4) is 0 Å². The van der Waals surface area contributed by atoms with Crippen LogP contribution < -0.4 is 0 Å². The van der Waals surface area contributed by atoms with Crippen molar-refractivity contribution < 1.29 is 4.74 Å². The Morgan fingerprint density at radius 2 is 2.20 bits per heavy atom. The summed E-state index contributed by atoms with van der Waals surface area (Å²) in [5.41, 5.74) is 0. The number of hydrogen-bond acceptors (Lipinski definition) is 1. The third kappa shape index (κ3) is 1.20. The third-order valence-electron chi connectivity index (χ3n) is 2.93. The van der Waals surface area contributed by atoms with Crippen molar-refractivity contribution >= 4 is 0 Å². The highest BCUT2D eigenvalue weighted by molar-refractivity contribution is 4.89. The van der Waals surface area contributed by atoms with E-state index in [9.17, 15) is 0 Å². The normalized spacial score (nSPS) is 45.9. The molecule has 1 aliphatic heterocycles. The molecule has 0 amide bonds. The lowest BCUT2D eigenvalue weighted by molar-refractivity contribution is 0.295. The zero-order valence-corrected chi connectivity index (χ0v) is 6.68. The molecule has 1 heteroatoms. The average Bonchev–Trinajstić information content (AvgIpc) is 2.61. The van der Waals surface area contributed by atoms with Gasteiger partial charge in [0.25, 0.3) is 0 Å². The summed E-state index contributed by atoms with van der Waals surface area (Å²) in [6.45, 7) is 2.30. The molecule has 3 unspecified atom stereocenters. The second-order valence-corrected chi connectivity index (χ2v) is 3.65. The predicted octanol–water partition coefficient (Wildman–Crippen LogP) is 2.35. The fraction of sp³-hybridized carbons (Fsp3) is 1.00. The standard InChI is InChI=1S/C9H16O/c1-2-7-4-3-5-8-9(6-7)10-8/h7-9H,2-6H2,1H3. The van der Waals surface area contributed by atoms with Crippen molar-refractivity contribution in [2.75, 3.05) is 0 Å². The van der Waals surface area contributed by atoms with E-state index in [1.54, 1.807) is 0 Å². The SMILES string of the molecule is CCC1CCCC2OC2C1. The van der Waals surface area contributed by atoms with Crippen LogP contribution in [0.2, 0.25) is 0 Å². The number of rotatable bonds is 1. The van der Waals surface area contributed by atoms with Gasteiger partial charge in [-0.1, -0.05) is 26.2 Å². The molecule has 0 spiro atoms. The first-order chi connectivity index (χ1) is 4.90. The molecule has 1 saturated heterocycles. The average molecular weight is 140 g/mol. The maximum atomic E-state index is 5.49. The molecule has 2 aliphatic rings. The van der Waals surface area contributed by atoms with Gasteiger partial charge >= 0.3 is 0 Å². The molecule has 0 aromatic rings. The maximum absolute atomic E-state index is 5.49. The molecule has 1 nitrogen and oxygen atoms in total. The number of epoxide rings is 1. The van der Waals surface area contributed by atoms with Gasteiger partial charge in [-0.05, 0) is 18.8 Å². The molecule has 0 N–H and O–H groups in total. The fourth-order valence-electron chi connectivity index (χ4n) is 2.07. The highest BCUT2D eigenvalue weighted by Gasteiger charge is 2.41. The van der Waals surface area contributed by atoms with E-state index in [0.29, 0.717) is 12.2 Å². The summed E-state index contributed by atoms with van der Waals surface area (Å²) in [5, 5.41) is 0. The Balaban J connectivity index is 1.88. The Labute approximate surface area is 62.8 Å². The van der Waals surface area contributed by atoms with Gasteiger partial charge in [0.2, 0.25) is 0 Å². The molecule has 10 heavy (non-hydrogen) atoms. The lowest BCUT2D eigenvalue weighted by atomic mass is 9.97. The van der Waals surface area contributed by atoms with Crippen LogP contribution in [-0.4, -0.2) is 12.2 Å². The summed E-state index contributed by atoms with van der Waals surface area (Å²) in [6.07, 6.45) is 8.24. The lowest BCUT2D eigenvalue weighted by Crippen LogP contribution is -2.00. The van der Waals surface area contributed by atoms with Gasteiger partial charge in [-0.3, -0.25) is 0 Å². The second kappa shape index (κ2) is 2.54. The molecule has 3 atom stereocenters. The minimum atomic E-state index is 0.674. The highest BCUT2D eigenvalue weighted by atomic mass is 16.6. The zero-order valence-electron chi connectivity index (χ0n) is 6.68. The summed E-state index contributed by atoms with van der Waals surface area (Å²) in [7, 11) is 0. The molecule has 1 saturated carbocycles. The molecule has 0 aromatic carbocycles. The molecule has 0 radical (unpaired) electrons. The molecular formula is C9H16O. The van der Waals surface area contributed by atoms with Gasteiger partial charge in [0.05, 0.1) is 12.2 Å². The Hall–Kier alpha value is -0.0400. The molecule has 58 valence electrons. The largest absolute Gasteiger partial charge is 0.370 e. The van der Waals surface area contributed by atoms with Crippen LogP contribution in [-0.2, 0) is 4.74 Å². The van der Waals surface area contributed by atoms with Crippen LogP contribution >= 0.6 is 0 Å². The van der Waals surface area contributed by atoms with E-state index < -0.39 is 0 Å². The second-order valence-electron chi connectivity index (χ2n) is 3.65. The van der Waals surface area contributed by atoms with E-state index >= 15 is 0 Å². The van der Waals surface area contributed by atoms with E-state index in [0.717, 1.165) is 5.92 Å². The van der Waals surface area contributed by atoms with Crippen LogP contribution in [0.5, 0.6) is 0 Å². The smallest absolute Gasteiger partial charge is 0.0844 e. The van der Waals surface area contributed by atoms with E-state index in [-0.39, 0.29) is 0 Å². The topological polar surface area (TPSA) is 12.5 Å². The molecule has 2 rings (SSSR count). The van der Waals surface area contributed by atoms with E-state index in [1.165, 1.54) is 32.1 Å². The van der Waals surface area contributed by atoms with Crippen LogP contribution in [0.4, 0.5) is 0 Å². The van der Waals surface area contributed by atoms with Crippen molar-refractivity contribution in [3.8, 4) is 0 Å². The minimum absolute atomic E-state index is 0.674. The van der Waals surface area contributed by atoms with Crippen molar-refractivity contribution in [2.45, 2.75) is 51.2 Å². The first-order valence-corrected chi connectivity index (χ1v) is 4.55. The van der Waals surface area contributed by atoms with Gasteiger partial charge < -0.3 is 4.74 Å². The van der Waals surface area contributed by atoms with Crippen molar-refractivity contribution in [2.24, 2.45) is 5.92 Å².